The van der Waals surface area contributed by atoms with Crippen molar-refractivity contribution in [3.63, 3.8) is 0 Å². The van der Waals surface area contributed by atoms with Crippen LogP contribution in [0.4, 0.5) is 0 Å². The standard InChI is InChI=1S/C27H36N4O5SSi/c1-15(22-20(25(35)31(22)17(3)32)16(2)36-38(7,8)27(4,5)6)23(33)19-13-30-14-29-21(26(30)37-19)24(34)18-10-9-11-28-12-18/h9-17,20,22,32H,1-8H3/t15-,16+,17?,20-,22-/m1/s1. The molecular formula is C27H36N4O5SSi. The van der Waals surface area contributed by atoms with Gasteiger partial charge in [0.1, 0.15) is 23.1 Å². The lowest BCUT2D eigenvalue weighted by Crippen LogP contribution is -2.70. The lowest BCUT2D eigenvalue weighted by molar-refractivity contribution is -0.184. The Morgan fingerprint density at radius 3 is 2.47 bits per heavy atom. The van der Waals surface area contributed by atoms with Crippen LogP contribution in [0, 0.1) is 11.8 Å². The van der Waals surface area contributed by atoms with Crippen molar-refractivity contribution in [3.05, 3.63) is 53.2 Å². The number of hydrogen-bond donors (Lipinski definition) is 1. The molecule has 1 N–H and O–H groups in total. The van der Waals surface area contributed by atoms with Gasteiger partial charge in [-0.15, -0.1) is 11.3 Å². The molecular weight excluding hydrogens is 520 g/mol. The van der Waals surface area contributed by atoms with E-state index in [4.69, 9.17) is 4.43 Å². The summed E-state index contributed by atoms with van der Waals surface area (Å²) in [5.41, 5.74) is 0.676. The zero-order valence-corrected chi connectivity index (χ0v) is 24.9. The first-order valence-corrected chi connectivity index (χ1v) is 16.5. The molecule has 38 heavy (non-hydrogen) atoms. The number of aliphatic hydroxyl groups excluding tert-OH is 1. The topological polar surface area (TPSA) is 114 Å². The first kappa shape index (κ1) is 28.3. The second-order valence-corrected chi connectivity index (χ2v) is 17.4. The predicted molar refractivity (Wildman–Crippen MR) is 148 cm³/mol. The number of imidazole rings is 1. The number of β-lactam (4-membered cyclic amide) rings is 1. The summed E-state index contributed by atoms with van der Waals surface area (Å²) in [5, 5.41) is 10.3. The molecule has 0 radical (unpaired) electrons. The Hall–Kier alpha value is -2.73. The van der Waals surface area contributed by atoms with E-state index in [9.17, 15) is 19.5 Å². The number of aromatic nitrogens is 3. The zero-order valence-electron chi connectivity index (χ0n) is 23.1. The average molecular weight is 557 g/mol. The molecule has 1 saturated heterocycles. The van der Waals surface area contributed by atoms with Gasteiger partial charge in [-0.25, -0.2) is 4.98 Å². The van der Waals surface area contributed by atoms with Crippen LogP contribution in [-0.4, -0.2) is 68.5 Å². The number of ketones is 2. The van der Waals surface area contributed by atoms with Gasteiger partial charge in [-0.2, -0.15) is 0 Å². The second kappa shape index (κ2) is 10.1. The average Bonchev–Trinajstić information content (AvgIpc) is 3.41. The maximum atomic E-state index is 13.7. The van der Waals surface area contributed by atoms with Gasteiger partial charge >= 0.3 is 0 Å². The molecule has 3 aromatic heterocycles. The van der Waals surface area contributed by atoms with Crippen molar-refractivity contribution in [2.75, 3.05) is 0 Å². The van der Waals surface area contributed by atoms with Gasteiger partial charge in [-0.1, -0.05) is 27.7 Å². The predicted octanol–water partition coefficient (Wildman–Crippen LogP) is 4.42. The minimum atomic E-state index is -2.17. The fraction of sp³-hybridized carbons (Fsp3) is 0.519. The molecule has 4 heterocycles. The first-order chi connectivity index (χ1) is 17.7. The molecule has 4 rings (SSSR count). The van der Waals surface area contributed by atoms with Crippen LogP contribution in [0.2, 0.25) is 18.1 Å². The van der Waals surface area contributed by atoms with Crippen molar-refractivity contribution in [1.82, 2.24) is 19.3 Å². The third kappa shape index (κ3) is 4.88. The Kier molecular flexibility index (Phi) is 7.52. The van der Waals surface area contributed by atoms with Crippen molar-refractivity contribution in [1.29, 1.82) is 0 Å². The van der Waals surface area contributed by atoms with Crippen LogP contribution in [0.25, 0.3) is 4.83 Å². The lowest BCUT2D eigenvalue weighted by atomic mass is 9.74. The van der Waals surface area contributed by atoms with Crippen LogP contribution in [0.15, 0.2) is 37.1 Å². The molecule has 0 bridgehead atoms. The van der Waals surface area contributed by atoms with Crippen LogP contribution >= 0.6 is 11.3 Å². The first-order valence-electron chi connectivity index (χ1n) is 12.8. The number of nitrogens with zero attached hydrogens (tertiary/aromatic N) is 4. The van der Waals surface area contributed by atoms with Crippen molar-refractivity contribution in [2.45, 2.75) is 78.0 Å². The molecule has 9 nitrogen and oxygen atoms in total. The SMILES string of the molecule is CC(O)N1C(=O)[C@H]([C@H](C)O[Si](C)(C)C(C)(C)C)[C@H]1[C@@H](C)C(=O)c1cn2cnc(C(=O)c3cccnc3)c2s1. The summed E-state index contributed by atoms with van der Waals surface area (Å²) >= 11 is 1.19. The number of rotatable bonds is 9. The number of carbonyl (C=O) groups excluding carboxylic acids is 3. The van der Waals surface area contributed by atoms with Gasteiger partial charge in [0.25, 0.3) is 0 Å². The molecule has 1 amide bonds. The number of fused-ring (bicyclic) bond motifs is 1. The Labute approximate surface area is 228 Å². The van der Waals surface area contributed by atoms with Gasteiger partial charge in [-0.05, 0) is 44.1 Å². The molecule has 204 valence electrons. The molecule has 0 saturated carbocycles. The number of likely N-dealkylation sites (tertiary alicyclic amines) is 1. The number of Topliss-reactive ketones (excluding diaryl/α,β-unsaturated/α-hetero) is 1. The van der Waals surface area contributed by atoms with Crippen molar-refractivity contribution in [2.24, 2.45) is 11.8 Å². The molecule has 1 aliphatic rings. The molecule has 1 unspecified atom stereocenters. The summed E-state index contributed by atoms with van der Waals surface area (Å²) in [4.78, 5) is 50.5. The largest absolute Gasteiger partial charge is 0.413 e. The molecule has 0 aromatic carbocycles. The molecule has 1 aliphatic heterocycles. The Morgan fingerprint density at radius 2 is 1.89 bits per heavy atom. The van der Waals surface area contributed by atoms with E-state index in [2.05, 4.69) is 43.8 Å². The number of amides is 1. The molecule has 5 atom stereocenters. The van der Waals surface area contributed by atoms with Crippen molar-refractivity contribution < 1.29 is 23.9 Å². The van der Waals surface area contributed by atoms with Crippen molar-refractivity contribution >= 4 is 42.0 Å². The quantitative estimate of drug-likeness (QED) is 0.236. The summed E-state index contributed by atoms with van der Waals surface area (Å²) in [6, 6.07) is 2.85. The van der Waals surface area contributed by atoms with E-state index in [-0.39, 0.29) is 28.2 Å². The lowest BCUT2D eigenvalue weighted by Gasteiger charge is -2.54. The smallest absolute Gasteiger partial charge is 0.232 e. The monoisotopic (exact) mass is 556 g/mol. The zero-order chi connectivity index (χ0) is 28.2. The molecule has 0 spiro atoms. The Morgan fingerprint density at radius 1 is 1.21 bits per heavy atom. The number of pyridine rings is 1. The minimum Gasteiger partial charge on any atom is -0.413 e. The summed E-state index contributed by atoms with van der Waals surface area (Å²) in [7, 11) is -2.17. The number of thiazole rings is 1. The number of hydrogen-bond acceptors (Lipinski definition) is 8. The van der Waals surface area contributed by atoms with E-state index in [1.165, 1.54) is 35.7 Å². The Balaban J connectivity index is 1.60. The highest BCUT2D eigenvalue weighted by Gasteiger charge is 2.56. The van der Waals surface area contributed by atoms with E-state index in [0.717, 1.165) is 0 Å². The van der Waals surface area contributed by atoms with Gasteiger partial charge < -0.3 is 14.4 Å². The van der Waals surface area contributed by atoms with Crippen LogP contribution in [0.5, 0.6) is 0 Å². The Bertz CT molecular complexity index is 1360. The molecule has 1 fully saturated rings. The summed E-state index contributed by atoms with van der Waals surface area (Å²) in [6.07, 6.45) is 4.85. The summed E-state index contributed by atoms with van der Waals surface area (Å²) < 4.78 is 8.21. The third-order valence-corrected chi connectivity index (χ3v) is 13.6. The van der Waals surface area contributed by atoms with Crippen LogP contribution in [0.1, 0.15) is 67.3 Å². The number of carbonyl (C=O) groups is 3. The summed E-state index contributed by atoms with van der Waals surface area (Å²) in [6.45, 7) is 15.9. The van der Waals surface area contributed by atoms with E-state index < -0.39 is 38.5 Å². The van der Waals surface area contributed by atoms with E-state index in [1.54, 1.807) is 35.9 Å². The number of aliphatic hydroxyl groups is 1. The van der Waals surface area contributed by atoms with E-state index in [1.807, 2.05) is 6.92 Å². The van der Waals surface area contributed by atoms with Crippen LogP contribution < -0.4 is 0 Å². The van der Waals surface area contributed by atoms with Crippen molar-refractivity contribution in [3.8, 4) is 0 Å². The van der Waals surface area contributed by atoms with Gasteiger partial charge in [0.15, 0.2) is 14.1 Å². The fourth-order valence-electron chi connectivity index (χ4n) is 4.82. The van der Waals surface area contributed by atoms with Crippen LogP contribution in [0.3, 0.4) is 0 Å². The van der Waals surface area contributed by atoms with E-state index in [0.29, 0.717) is 15.3 Å². The maximum Gasteiger partial charge on any atom is 0.232 e. The van der Waals surface area contributed by atoms with Crippen LogP contribution in [-0.2, 0) is 9.22 Å². The van der Waals surface area contributed by atoms with Gasteiger partial charge in [-0.3, -0.25) is 23.8 Å². The second-order valence-electron chi connectivity index (χ2n) is 11.6. The third-order valence-electron chi connectivity index (χ3n) is 7.94. The minimum absolute atomic E-state index is 0.0350. The van der Waals surface area contributed by atoms with Gasteiger partial charge in [0, 0.05) is 30.1 Å². The highest BCUT2D eigenvalue weighted by atomic mass is 32.1. The highest BCUT2D eigenvalue weighted by Crippen LogP contribution is 2.43. The van der Waals surface area contributed by atoms with Gasteiger partial charge in [0.2, 0.25) is 11.7 Å². The molecule has 11 heteroatoms. The van der Waals surface area contributed by atoms with E-state index >= 15 is 0 Å². The maximum absolute atomic E-state index is 13.7. The normalized spacial score (nSPS) is 20.8. The molecule has 0 aliphatic carbocycles. The molecule has 3 aromatic rings. The highest BCUT2D eigenvalue weighted by molar-refractivity contribution is 7.19. The van der Waals surface area contributed by atoms with Gasteiger partial charge in [0.05, 0.1) is 22.9 Å². The fourth-order valence-corrected chi connectivity index (χ4v) is 7.36. The summed E-state index contributed by atoms with van der Waals surface area (Å²) in [5.74, 6) is -1.76.